The summed E-state index contributed by atoms with van der Waals surface area (Å²) in [4.78, 5) is 4.46. The summed E-state index contributed by atoms with van der Waals surface area (Å²) in [7, 11) is -3.77. The van der Waals surface area contributed by atoms with Gasteiger partial charge in [-0.15, -0.1) is 5.10 Å². The van der Waals surface area contributed by atoms with Crippen LogP contribution in [-0.2, 0) is 19.5 Å². The molecule has 1 saturated heterocycles. The lowest BCUT2D eigenvalue weighted by Gasteiger charge is -2.15. The highest BCUT2D eigenvalue weighted by Gasteiger charge is 2.31. The van der Waals surface area contributed by atoms with Crippen LogP contribution >= 0.6 is 0 Å². The molecular weight excluding hydrogens is 404 g/mol. The van der Waals surface area contributed by atoms with Gasteiger partial charge in [-0.1, -0.05) is 18.2 Å². The zero-order valence-corrected chi connectivity index (χ0v) is 17.4. The fraction of sp³-hybridized carbons (Fsp3) is 0.238. The maximum Gasteiger partial charge on any atom is 0.263 e. The number of benzene rings is 2. The van der Waals surface area contributed by atoms with Crippen molar-refractivity contribution in [1.29, 1.82) is 0 Å². The van der Waals surface area contributed by atoms with Crippen molar-refractivity contribution >= 4 is 27.7 Å². The fourth-order valence-electron chi connectivity index (χ4n) is 2.97. The van der Waals surface area contributed by atoms with Gasteiger partial charge in [-0.25, -0.2) is 13.1 Å². The van der Waals surface area contributed by atoms with Gasteiger partial charge in [-0.05, 0) is 50.2 Å². The van der Waals surface area contributed by atoms with Gasteiger partial charge in [0.2, 0.25) is 0 Å². The Bertz CT molecular complexity index is 1140. The van der Waals surface area contributed by atoms with Crippen LogP contribution < -0.4 is 4.72 Å². The van der Waals surface area contributed by atoms with Crippen LogP contribution in [0.2, 0.25) is 0 Å². The van der Waals surface area contributed by atoms with Crippen molar-refractivity contribution in [3.63, 3.8) is 0 Å². The van der Waals surface area contributed by atoms with Gasteiger partial charge in [-0.2, -0.15) is 0 Å². The third-order valence-corrected chi connectivity index (χ3v) is 5.79. The van der Waals surface area contributed by atoms with E-state index in [-0.39, 0.29) is 16.8 Å². The SMILES string of the molecule is CC1(C)OC[C@H](C=Nc2ccc(S(=O)(=O)Nc3ccn(-c4ccccc4)n3)cc2)O1. The number of nitrogens with one attached hydrogen (secondary N) is 1. The summed E-state index contributed by atoms with van der Waals surface area (Å²) >= 11 is 0. The van der Waals surface area contributed by atoms with E-state index in [1.807, 2.05) is 44.2 Å². The molecule has 0 amide bonds. The highest BCUT2D eigenvalue weighted by atomic mass is 32.2. The van der Waals surface area contributed by atoms with E-state index >= 15 is 0 Å². The normalized spacial score (nSPS) is 18.7. The Kier molecular flexibility index (Phi) is 5.42. The molecule has 1 N–H and O–H groups in total. The second kappa shape index (κ2) is 8.02. The monoisotopic (exact) mass is 426 g/mol. The van der Waals surface area contributed by atoms with Gasteiger partial charge in [0, 0.05) is 18.5 Å². The van der Waals surface area contributed by atoms with E-state index in [2.05, 4.69) is 14.8 Å². The summed E-state index contributed by atoms with van der Waals surface area (Å²) in [5, 5.41) is 4.27. The minimum Gasteiger partial charge on any atom is -0.347 e. The van der Waals surface area contributed by atoms with E-state index in [1.54, 1.807) is 35.3 Å². The molecule has 0 bridgehead atoms. The van der Waals surface area contributed by atoms with Crippen LogP contribution in [0, 0.1) is 0 Å². The van der Waals surface area contributed by atoms with Crippen LogP contribution in [0.3, 0.4) is 0 Å². The number of aromatic nitrogens is 2. The Labute approximate surface area is 175 Å². The van der Waals surface area contributed by atoms with Crippen molar-refractivity contribution < 1.29 is 17.9 Å². The first-order chi connectivity index (χ1) is 14.3. The van der Waals surface area contributed by atoms with Gasteiger partial charge >= 0.3 is 0 Å². The van der Waals surface area contributed by atoms with Crippen molar-refractivity contribution in [3.8, 4) is 5.69 Å². The number of sulfonamides is 1. The van der Waals surface area contributed by atoms with Crippen LogP contribution in [-0.4, -0.2) is 42.9 Å². The molecule has 1 atom stereocenters. The molecule has 9 heteroatoms. The minimum absolute atomic E-state index is 0.122. The number of rotatable bonds is 6. The molecular formula is C21H22N4O4S. The summed E-state index contributed by atoms with van der Waals surface area (Å²) in [6.07, 6.45) is 3.12. The standard InChI is InChI=1S/C21H22N4O4S/c1-21(2)28-15-18(29-21)14-22-16-8-10-19(11-9-16)30(26,27)24-20-12-13-25(23-20)17-6-4-3-5-7-17/h3-14,18H,15H2,1-2H3,(H,23,24)/t18-/m0/s1. The zero-order valence-electron chi connectivity index (χ0n) is 16.6. The molecule has 1 aliphatic heterocycles. The molecule has 2 aromatic carbocycles. The summed E-state index contributed by atoms with van der Waals surface area (Å²) in [6, 6.07) is 17.3. The average Bonchev–Trinajstić information content (AvgIpc) is 3.33. The van der Waals surface area contributed by atoms with E-state index in [9.17, 15) is 8.42 Å². The second-order valence-corrected chi connectivity index (χ2v) is 8.91. The van der Waals surface area contributed by atoms with Crippen molar-refractivity contribution in [3.05, 3.63) is 66.9 Å². The summed E-state index contributed by atoms with van der Waals surface area (Å²) in [6.45, 7) is 4.12. The van der Waals surface area contributed by atoms with Crippen molar-refractivity contribution in [2.24, 2.45) is 4.99 Å². The van der Waals surface area contributed by atoms with Gasteiger partial charge in [0.05, 0.1) is 22.9 Å². The highest BCUT2D eigenvalue weighted by molar-refractivity contribution is 7.92. The minimum atomic E-state index is -3.77. The Morgan fingerprint density at radius 1 is 1.13 bits per heavy atom. The number of aliphatic imine (C=N–C) groups is 1. The van der Waals surface area contributed by atoms with E-state index in [0.717, 1.165) is 5.69 Å². The van der Waals surface area contributed by atoms with Gasteiger partial charge < -0.3 is 9.47 Å². The number of nitrogens with zero attached hydrogens (tertiary/aromatic N) is 3. The highest BCUT2D eigenvalue weighted by Crippen LogP contribution is 2.23. The quantitative estimate of drug-likeness (QED) is 0.609. The second-order valence-electron chi connectivity index (χ2n) is 7.23. The predicted molar refractivity (Wildman–Crippen MR) is 114 cm³/mol. The Morgan fingerprint density at radius 3 is 2.53 bits per heavy atom. The smallest absolute Gasteiger partial charge is 0.263 e. The van der Waals surface area contributed by atoms with E-state index in [4.69, 9.17) is 9.47 Å². The molecule has 8 nitrogen and oxygen atoms in total. The van der Waals surface area contributed by atoms with Gasteiger partial charge in [0.15, 0.2) is 11.6 Å². The molecule has 30 heavy (non-hydrogen) atoms. The molecule has 3 aromatic rings. The molecule has 0 unspecified atom stereocenters. The fourth-order valence-corrected chi connectivity index (χ4v) is 3.97. The molecule has 4 rings (SSSR count). The van der Waals surface area contributed by atoms with Crippen LogP contribution in [0.5, 0.6) is 0 Å². The number of hydrogen-bond acceptors (Lipinski definition) is 6. The summed E-state index contributed by atoms with van der Waals surface area (Å²) in [5.41, 5.74) is 1.46. The summed E-state index contributed by atoms with van der Waals surface area (Å²) < 4.78 is 40.6. The zero-order chi connectivity index (χ0) is 21.2. The first-order valence-corrected chi connectivity index (χ1v) is 10.9. The lowest BCUT2D eigenvalue weighted by atomic mass is 10.3. The van der Waals surface area contributed by atoms with Gasteiger partial charge in [0.25, 0.3) is 10.0 Å². The van der Waals surface area contributed by atoms with Gasteiger partial charge in [0.1, 0.15) is 6.10 Å². The van der Waals surface area contributed by atoms with Crippen molar-refractivity contribution in [2.75, 3.05) is 11.3 Å². The third kappa shape index (κ3) is 4.76. The number of anilines is 1. The number of ether oxygens (including phenoxy) is 2. The van der Waals surface area contributed by atoms with E-state index in [1.165, 1.54) is 12.1 Å². The lowest BCUT2D eigenvalue weighted by Crippen LogP contribution is -2.21. The molecule has 1 aliphatic rings. The molecule has 1 fully saturated rings. The molecule has 0 saturated carbocycles. The first kappa shape index (κ1) is 20.3. The maximum atomic E-state index is 12.7. The topological polar surface area (TPSA) is 94.8 Å². The molecule has 156 valence electrons. The molecule has 0 aliphatic carbocycles. The predicted octanol–water partition coefficient (Wildman–Crippen LogP) is 3.53. The van der Waals surface area contributed by atoms with Crippen molar-refractivity contribution in [2.45, 2.75) is 30.6 Å². The maximum absolute atomic E-state index is 12.7. The molecule has 2 heterocycles. The molecule has 1 aromatic heterocycles. The lowest BCUT2D eigenvalue weighted by molar-refractivity contribution is -0.130. The first-order valence-electron chi connectivity index (χ1n) is 9.41. The average molecular weight is 426 g/mol. The number of para-hydroxylation sites is 1. The van der Waals surface area contributed by atoms with Crippen LogP contribution in [0.1, 0.15) is 13.8 Å². The van der Waals surface area contributed by atoms with Crippen molar-refractivity contribution in [1.82, 2.24) is 9.78 Å². The van der Waals surface area contributed by atoms with E-state index in [0.29, 0.717) is 12.3 Å². The van der Waals surface area contributed by atoms with Gasteiger partial charge in [-0.3, -0.25) is 9.71 Å². The Balaban J connectivity index is 1.43. The van der Waals surface area contributed by atoms with E-state index < -0.39 is 15.8 Å². The largest absolute Gasteiger partial charge is 0.347 e. The van der Waals surface area contributed by atoms with Crippen LogP contribution in [0.4, 0.5) is 11.5 Å². The number of hydrogen-bond donors (Lipinski definition) is 1. The Hall–Kier alpha value is -3.01. The summed E-state index contributed by atoms with van der Waals surface area (Å²) in [5.74, 6) is -0.379. The Morgan fingerprint density at radius 2 is 1.87 bits per heavy atom. The van der Waals surface area contributed by atoms with Crippen LogP contribution in [0.25, 0.3) is 5.69 Å². The third-order valence-electron chi connectivity index (χ3n) is 4.42. The van der Waals surface area contributed by atoms with Crippen LogP contribution in [0.15, 0.2) is 76.7 Å². The molecule has 0 spiro atoms. The molecule has 0 radical (unpaired) electrons.